The minimum atomic E-state index is -0.568. The van der Waals surface area contributed by atoms with Crippen LogP contribution in [0.5, 0.6) is 0 Å². The van der Waals surface area contributed by atoms with Gasteiger partial charge in [-0.05, 0) is 66.1 Å². The van der Waals surface area contributed by atoms with Gasteiger partial charge >= 0.3 is 0 Å². The summed E-state index contributed by atoms with van der Waals surface area (Å²) in [6.45, 7) is 0.781. The van der Waals surface area contributed by atoms with Gasteiger partial charge in [-0.3, -0.25) is 0 Å². The number of rotatable bonds is 10. The molecule has 1 aliphatic carbocycles. The molecule has 0 fully saturated rings. The summed E-state index contributed by atoms with van der Waals surface area (Å²) < 4.78 is 0. The summed E-state index contributed by atoms with van der Waals surface area (Å²) >= 11 is 6.05. The van der Waals surface area contributed by atoms with Crippen LogP contribution in [0.25, 0.3) is 11.1 Å². The van der Waals surface area contributed by atoms with Gasteiger partial charge < -0.3 is 5.32 Å². The Morgan fingerprint density at radius 2 is 1.61 bits per heavy atom. The first-order chi connectivity index (χ1) is 17.6. The summed E-state index contributed by atoms with van der Waals surface area (Å²) in [7, 11) is 0. The van der Waals surface area contributed by atoms with E-state index in [0.717, 1.165) is 30.5 Å². The van der Waals surface area contributed by atoms with Gasteiger partial charge in [0, 0.05) is 11.1 Å². The van der Waals surface area contributed by atoms with Crippen LogP contribution in [0.3, 0.4) is 0 Å². The molecule has 0 heterocycles. The lowest BCUT2D eigenvalue weighted by molar-refractivity contribution is 0.330. The summed E-state index contributed by atoms with van der Waals surface area (Å²) in [5.74, 6) is 0.129. The van der Waals surface area contributed by atoms with Crippen molar-refractivity contribution in [2.45, 2.75) is 31.7 Å². The predicted octanol–water partition coefficient (Wildman–Crippen LogP) is 7.83. The number of benzene rings is 3. The van der Waals surface area contributed by atoms with Gasteiger partial charge in [-0.15, -0.1) is 0 Å². The second-order valence-corrected chi connectivity index (χ2v) is 9.74. The predicted molar refractivity (Wildman–Crippen MR) is 147 cm³/mol. The van der Waals surface area contributed by atoms with Crippen molar-refractivity contribution in [1.29, 1.82) is 10.5 Å². The quantitative estimate of drug-likeness (QED) is 0.294. The molecule has 3 aromatic rings. The minimum Gasteiger partial charge on any atom is -0.309 e. The zero-order chi connectivity index (χ0) is 25.2. The highest BCUT2D eigenvalue weighted by molar-refractivity contribution is 6.30. The maximum atomic E-state index is 10.2. The third-order valence-corrected chi connectivity index (χ3v) is 7.18. The van der Waals surface area contributed by atoms with E-state index in [0.29, 0.717) is 17.9 Å². The molecule has 0 aromatic heterocycles. The molecule has 0 amide bonds. The highest BCUT2D eigenvalue weighted by Gasteiger charge is 2.36. The molecule has 0 bridgehead atoms. The maximum absolute atomic E-state index is 10.2. The molecule has 0 aliphatic heterocycles. The molecule has 4 heteroatoms. The van der Waals surface area contributed by atoms with E-state index in [1.165, 1.54) is 11.1 Å². The zero-order valence-electron chi connectivity index (χ0n) is 20.3. The van der Waals surface area contributed by atoms with Crippen LogP contribution < -0.4 is 5.32 Å². The van der Waals surface area contributed by atoms with Crippen LogP contribution in [0, 0.1) is 34.0 Å². The molecule has 0 saturated heterocycles. The highest BCUT2D eigenvalue weighted by atomic mass is 35.5. The molecule has 0 radical (unpaired) electrons. The van der Waals surface area contributed by atoms with E-state index in [-0.39, 0.29) is 12.0 Å². The van der Waals surface area contributed by atoms with Crippen LogP contribution in [0.2, 0.25) is 5.02 Å². The minimum absolute atomic E-state index is 0.0172. The second-order valence-electron chi connectivity index (χ2n) is 9.31. The van der Waals surface area contributed by atoms with Crippen molar-refractivity contribution in [2.24, 2.45) is 11.3 Å². The highest BCUT2D eigenvalue weighted by Crippen LogP contribution is 2.39. The fourth-order valence-corrected chi connectivity index (χ4v) is 5.03. The van der Waals surface area contributed by atoms with Crippen molar-refractivity contribution in [1.82, 2.24) is 5.32 Å². The van der Waals surface area contributed by atoms with Gasteiger partial charge in [0.05, 0.1) is 24.0 Å². The van der Waals surface area contributed by atoms with E-state index in [1.807, 2.05) is 60.7 Å². The van der Waals surface area contributed by atoms with Crippen molar-refractivity contribution < 1.29 is 0 Å². The first-order valence-corrected chi connectivity index (χ1v) is 12.8. The number of nitrogens with one attached hydrogen (secondary N) is 1. The van der Waals surface area contributed by atoms with E-state index in [4.69, 9.17) is 11.6 Å². The Morgan fingerprint density at radius 3 is 2.31 bits per heavy atom. The molecule has 1 aliphatic rings. The monoisotopic (exact) mass is 491 g/mol. The summed E-state index contributed by atoms with van der Waals surface area (Å²) in [6.07, 6.45) is 11.1. The van der Waals surface area contributed by atoms with Gasteiger partial charge in [0.25, 0.3) is 0 Å². The van der Waals surface area contributed by atoms with Gasteiger partial charge in [0.1, 0.15) is 0 Å². The van der Waals surface area contributed by atoms with Gasteiger partial charge in [0.15, 0.2) is 0 Å². The first-order valence-electron chi connectivity index (χ1n) is 12.4. The van der Waals surface area contributed by atoms with E-state index >= 15 is 0 Å². The molecule has 3 atom stereocenters. The summed E-state index contributed by atoms with van der Waals surface area (Å²) in [4.78, 5) is 0. The lowest BCUT2D eigenvalue weighted by Gasteiger charge is -2.33. The molecule has 180 valence electrons. The zero-order valence-corrected chi connectivity index (χ0v) is 21.0. The van der Waals surface area contributed by atoms with Crippen molar-refractivity contribution in [2.75, 3.05) is 6.54 Å². The summed E-state index contributed by atoms with van der Waals surface area (Å²) in [5.41, 5.74) is 4.01. The molecule has 1 N–H and O–H groups in total. The topological polar surface area (TPSA) is 59.6 Å². The number of allylic oxidation sites excluding steroid dienone is 4. The fraction of sp³-hybridized carbons (Fsp3) is 0.250. The van der Waals surface area contributed by atoms with E-state index < -0.39 is 5.41 Å². The number of hydrogen-bond donors (Lipinski definition) is 1. The SMILES string of the molecule is N#CCC(NCCC[C@H]1C=CC=C[C@@]1(C#N)Cc1ccc(Cl)cc1)c1ccc(-c2ccccc2)cc1. The van der Waals surface area contributed by atoms with Gasteiger partial charge in [-0.2, -0.15) is 10.5 Å². The smallest absolute Gasteiger partial charge is 0.0859 e. The van der Waals surface area contributed by atoms with Crippen LogP contribution in [0.4, 0.5) is 0 Å². The Kier molecular flexibility index (Phi) is 8.75. The van der Waals surface area contributed by atoms with Crippen LogP contribution in [-0.4, -0.2) is 6.54 Å². The molecule has 0 saturated carbocycles. The lowest BCUT2D eigenvalue weighted by atomic mass is 9.68. The van der Waals surface area contributed by atoms with Gasteiger partial charge in [-0.1, -0.05) is 103 Å². The van der Waals surface area contributed by atoms with Crippen LogP contribution in [0.15, 0.2) is 103 Å². The standard InChI is InChI=1S/C32H30ClN3/c33-30-17-11-25(12-18-30)23-32(24-35)20-5-4-9-29(32)10-6-22-36-31(19-21-34)28-15-13-27(14-16-28)26-7-2-1-3-8-26/h1-5,7-9,11-18,20,29,31,36H,6,10,19,22-23H2/t29-,31?,32+/m1/s1. The average Bonchev–Trinajstić information content (AvgIpc) is 2.93. The molecule has 0 spiro atoms. The van der Waals surface area contributed by atoms with Crippen molar-refractivity contribution in [3.63, 3.8) is 0 Å². The third-order valence-electron chi connectivity index (χ3n) is 6.93. The molecular formula is C32H30ClN3. The van der Waals surface area contributed by atoms with Crippen LogP contribution in [-0.2, 0) is 6.42 Å². The van der Waals surface area contributed by atoms with Crippen molar-refractivity contribution >= 4 is 11.6 Å². The average molecular weight is 492 g/mol. The Hall–Kier alpha value is -3.63. The molecule has 3 nitrogen and oxygen atoms in total. The Morgan fingerprint density at radius 1 is 0.889 bits per heavy atom. The molecule has 4 rings (SSSR count). The fourth-order valence-electron chi connectivity index (χ4n) is 4.90. The molecule has 3 aromatic carbocycles. The second kappa shape index (κ2) is 12.4. The Balaban J connectivity index is 1.36. The van der Waals surface area contributed by atoms with Crippen LogP contribution in [0.1, 0.15) is 36.4 Å². The first kappa shape index (κ1) is 25.5. The van der Waals surface area contributed by atoms with Crippen molar-refractivity contribution in [3.8, 4) is 23.3 Å². The number of halogens is 1. The van der Waals surface area contributed by atoms with Gasteiger partial charge in [-0.25, -0.2) is 0 Å². The van der Waals surface area contributed by atoms with E-state index in [9.17, 15) is 10.5 Å². The summed E-state index contributed by atoms with van der Waals surface area (Å²) in [6, 6.07) is 31.4. The largest absolute Gasteiger partial charge is 0.309 e. The molecule has 1 unspecified atom stereocenters. The maximum Gasteiger partial charge on any atom is 0.0859 e. The number of nitriles is 2. The number of hydrogen-bond acceptors (Lipinski definition) is 3. The van der Waals surface area contributed by atoms with Crippen molar-refractivity contribution in [3.05, 3.63) is 119 Å². The van der Waals surface area contributed by atoms with Gasteiger partial charge in [0.2, 0.25) is 0 Å². The van der Waals surface area contributed by atoms with E-state index in [1.54, 1.807) is 0 Å². The Labute approximate surface area is 219 Å². The van der Waals surface area contributed by atoms with Crippen LogP contribution >= 0.6 is 11.6 Å². The molecular weight excluding hydrogens is 462 g/mol. The number of nitrogens with zero attached hydrogens (tertiary/aromatic N) is 2. The Bertz CT molecular complexity index is 1260. The summed E-state index contributed by atoms with van der Waals surface area (Å²) in [5, 5.41) is 23.9. The van der Waals surface area contributed by atoms with E-state index in [2.05, 4.69) is 59.9 Å². The molecule has 36 heavy (non-hydrogen) atoms. The third kappa shape index (κ3) is 6.32. The lowest BCUT2D eigenvalue weighted by Crippen LogP contribution is -2.31. The normalized spacial score (nSPS) is 19.4.